The molecular formula is C69H123N11O15S. The number of allylic oxidation sites excluding steroid dienone is 2. The maximum Gasteiger partial charge on any atom is 0.305 e. The van der Waals surface area contributed by atoms with Gasteiger partial charge in [-0.1, -0.05) is 95.2 Å². The lowest BCUT2D eigenvalue weighted by molar-refractivity contribution is -0.157. The number of likely N-dealkylation sites (N-methyl/N-ethyl adjacent to an activating group) is 7. The van der Waals surface area contributed by atoms with E-state index in [1.807, 2.05) is 41.5 Å². The van der Waals surface area contributed by atoms with Gasteiger partial charge in [0.2, 0.25) is 59.1 Å². The molecule has 13 atom stereocenters. The van der Waals surface area contributed by atoms with E-state index in [9.17, 15) is 39.0 Å². The third-order valence-corrected chi connectivity index (χ3v) is 18.9. The Kier molecular flexibility index (Phi) is 37.2. The largest absolute Gasteiger partial charge is 0.469 e. The first-order valence-electron chi connectivity index (χ1n) is 34.1. The number of Topliss-reactive ketones (excluding diaryl/α,β-unsaturated/α-hetero) is 1. The summed E-state index contributed by atoms with van der Waals surface area (Å²) < 4.78 is 4.82. The smallest absolute Gasteiger partial charge is 0.305 e. The minimum atomic E-state index is -1.67. The van der Waals surface area contributed by atoms with Gasteiger partial charge in [0.15, 0.2) is 5.78 Å². The van der Waals surface area contributed by atoms with Crippen molar-refractivity contribution >= 4 is 82.6 Å². The minimum absolute atomic E-state index is 0.0200. The summed E-state index contributed by atoms with van der Waals surface area (Å²) in [6, 6.07) is -14.2. The summed E-state index contributed by atoms with van der Waals surface area (Å²) in [5.41, 5.74) is -1.53. The number of nitrogens with zero attached hydrogens (tertiary/aromatic N) is 7. The molecule has 0 aliphatic carbocycles. The molecule has 1 aliphatic heterocycles. The SMILES string of the molecule is CC=CC[C@@H](C)[C@@H](O)[C@H]1C(=O)N[C@@H](CC)C(=O)N(C)[C@@H](CSCCCC(=O)OC)C(=O)CN(C)[C@@H](CC(C)(C)O)C(=O)N[C@@H](C(C)C)C(=O)N(C)[C@@H](CC(C)C)C(=O)N[C@@H](C)C(=O)N[C@H](C)C(=O)N(C)[C@@H](CC(C)C)C(=O)N(C)[C@@H](CC(C)C)C(=O)N(C)[C@@H](C(C)C)C(=O)N1C. The van der Waals surface area contributed by atoms with Crippen molar-refractivity contribution in [2.24, 2.45) is 35.5 Å². The fraction of sp³-hybridized carbons (Fsp3) is 0.797. The molecule has 0 radical (unpaired) electrons. The molecule has 27 heteroatoms. The van der Waals surface area contributed by atoms with Gasteiger partial charge in [0.25, 0.3) is 0 Å². The molecule has 0 aromatic carbocycles. The van der Waals surface area contributed by atoms with Crippen LogP contribution in [-0.4, -0.2) is 268 Å². The second-order valence-corrected chi connectivity index (χ2v) is 30.0. The number of aliphatic hydroxyl groups is 2. The molecule has 1 heterocycles. The number of carbonyl (C=O) groups excluding carboxylic acids is 12. The van der Waals surface area contributed by atoms with Gasteiger partial charge < -0.3 is 65.6 Å². The highest BCUT2D eigenvalue weighted by molar-refractivity contribution is 7.99. The van der Waals surface area contributed by atoms with Gasteiger partial charge in [-0.25, -0.2) is 0 Å². The first kappa shape index (κ1) is 87.8. The average molecular weight is 1380 g/mol. The van der Waals surface area contributed by atoms with Crippen LogP contribution in [0.15, 0.2) is 12.2 Å². The molecule has 10 amide bonds. The number of ketones is 1. The Labute approximate surface area is 577 Å². The van der Waals surface area contributed by atoms with Gasteiger partial charge in [-0.15, -0.1) is 0 Å². The molecule has 0 saturated carbocycles. The summed E-state index contributed by atoms with van der Waals surface area (Å²) in [4.78, 5) is 184. The molecule has 1 saturated heterocycles. The van der Waals surface area contributed by atoms with Crippen LogP contribution in [0.2, 0.25) is 0 Å². The maximum atomic E-state index is 15.3. The van der Waals surface area contributed by atoms with Crippen molar-refractivity contribution in [2.45, 2.75) is 247 Å². The van der Waals surface area contributed by atoms with Crippen LogP contribution in [0.4, 0.5) is 0 Å². The quantitative estimate of drug-likeness (QED) is 0.0544. The van der Waals surface area contributed by atoms with Crippen LogP contribution in [0.25, 0.3) is 0 Å². The van der Waals surface area contributed by atoms with E-state index >= 15 is 28.8 Å². The zero-order valence-corrected chi connectivity index (χ0v) is 63.4. The van der Waals surface area contributed by atoms with Crippen molar-refractivity contribution in [1.82, 2.24) is 55.6 Å². The molecule has 1 aliphatic rings. The molecule has 0 bridgehead atoms. The number of aliphatic hydroxyl groups excluding tert-OH is 1. The Bertz CT molecular complexity index is 2650. The van der Waals surface area contributed by atoms with Gasteiger partial charge in [-0.05, 0) is 121 Å². The summed E-state index contributed by atoms with van der Waals surface area (Å²) in [5.74, 6) is -10.2. The van der Waals surface area contributed by atoms with Crippen LogP contribution in [-0.2, 0) is 62.3 Å². The predicted octanol–water partition coefficient (Wildman–Crippen LogP) is 3.48. The summed E-state index contributed by atoms with van der Waals surface area (Å²) in [5, 5.41) is 34.6. The highest BCUT2D eigenvalue weighted by Gasteiger charge is 2.46. The fourth-order valence-electron chi connectivity index (χ4n) is 11.8. The first-order chi connectivity index (χ1) is 44.3. The van der Waals surface area contributed by atoms with Crippen LogP contribution in [0.5, 0.6) is 0 Å². The van der Waals surface area contributed by atoms with Crippen molar-refractivity contribution in [3.63, 3.8) is 0 Å². The van der Waals surface area contributed by atoms with Gasteiger partial charge >= 0.3 is 5.97 Å². The molecular weight excluding hydrogens is 1250 g/mol. The summed E-state index contributed by atoms with van der Waals surface area (Å²) >= 11 is 1.27. The van der Waals surface area contributed by atoms with Crippen molar-refractivity contribution in [1.29, 1.82) is 0 Å². The second-order valence-electron chi connectivity index (χ2n) is 28.9. The number of thioether (sulfide) groups is 1. The Hall–Kier alpha value is -6.19. The minimum Gasteiger partial charge on any atom is -0.469 e. The van der Waals surface area contributed by atoms with Crippen LogP contribution in [0.1, 0.15) is 169 Å². The van der Waals surface area contributed by atoms with E-state index in [1.54, 1.807) is 60.6 Å². The Morgan fingerprint density at radius 2 is 1.05 bits per heavy atom. The van der Waals surface area contributed by atoms with Crippen molar-refractivity contribution in [3.05, 3.63) is 12.2 Å². The third kappa shape index (κ3) is 26.2. The molecule has 6 N–H and O–H groups in total. The Morgan fingerprint density at radius 3 is 1.53 bits per heavy atom. The average Bonchev–Trinajstić information content (AvgIpc) is 0.828. The molecule has 26 nitrogen and oxygen atoms in total. The van der Waals surface area contributed by atoms with Crippen molar-refractivity contribution in [3.8, 4) is 0 Å². The van der Waals surface area contributed by atoms with Crippen molar-refractivity contribution < 1.29 is 72.5 Å². The van der Waals surface area contributed by atoms with Crippen LogP contribution in [0.3, 0.4) is 0 Å². The molecule has 550 valence electrons. The normalized spacial score (nSPS) is 26.3. The van der Waals surface area contributed by atoms with Crippen molar-refractivity contribution in [2.75, 3.05) is 74.5 Å². The van der Waals surface area contributed by atoms with E-state index in [-0.39, 0.29) is 68.5 Å². The van der Waals surface area contributed by atoms with Gasteiger partial charge in [-0.3, -0.25) is 62.4 Å². The highest BCUT2D eigenvalue weighted by Crippen LogP contribution is 2.27. The van der Waals surface area contributed by atoms with Crippen LogP contribution >= 0.6 is 11.8 Å². The standard InChI is InChI=1S/C69H123N11O15S/c1-26-28-30-44(13)58(83)57-62(87)72-47(27-2)64(89)78(22)52(38-96-32-29-31-54(82)95-25)53(81)37-74(18)51(36-69(16,17)94)61(86)73-55(42(9)10)67(92)75(19)48(33-39(3)4)60(85)70-45(14)59(84)71-46(15)63(88)76(20)49(34-40(5)6)65(90)77(21)50(35-41(7)8)66(91)79(23)56(43(11)12)68(93)80(57)24/h26,28,39-52,55-58,83,94H,27,29-38H2,1-25H3,(H,70,85)(H,71,84)(H,72,87)(H,73,86)/t44-,45+,46-,47+,48+,49+,50+,51+,52+,55+,56+,57+,58-/m1/s1. The van der Waals surface area contributed by atoms with E-state index in [2.05, 4.69) is 21.3 Å². The molecule has 0 aromatic heterocycles. The number of carbonyl (C=O) groups is 12. The zero-order valence-electron chi connectivity index (χ0n) is 62.6. The van der Waals surface area contributed by atoms with E-state index in [4.69, 9.17) is 4.74 Å². The molecule has 0 spiro atoms. The molecule has 0 unspecified atom stereocenters. The summed E-state index contributed by atoms with van der Waals surface area (Å²) in [7, 11) is 11.2. The molecule has 1 fully saturated rings. The second kappa shape index (κ2) is 40.6. The van der Waals surface area contributed by atoms with E-state index < -0.39 is 173 Å². The van der Waals surface area contributed by atoms with E-state index in [0.717, 1.165) is 4.90 Å². The first-order valence-corrected chi connectivity index (χ1v) is 35.2. The number of hydrogen-bond donors (Lipinski definition) is 6. The predicted molar refractivity (Wildman–Crippen MR) is 372 cm³/mol. The van der Waals surface area contributed by atoms with Gasteiger partial charge in [0.05, 0.1) is 31.4 Å². The number of nitrogens with one attached hydrogen (secondary N) is 4. The topological polar surface area (TPSA) is 325 Å². The number of ether oxygens (including phenoxy) is 1. The number of esters is 1. The number of hydrogen-bond acceptors (Lipinski definition) is 17. The number of amides is 10. The highest BCUT2D eigenvalue weighted by atomic mass is 32.2. The number of rotatable bonds is 21. The van der Waals surface area contributed by atoms with Gasteiger partial charge in [0.1, 0.15) is 60.4 Å². The van der Waals surface area contributed by atoms with E-state index in [1.165, 1.54) is 125 Å². The fourth-order valence-corrected chi connectivity index (χ4v) is 12.9. The third-order valence-electron chi connectivity index (χ3n) is 17.8. The molecule has 1 rings (SSSR count). The van der Waals surface area contributed by atoms with Gasteiger partial charge in [0, 0.05) is 60.9 Å². The zero-order chi connectivity index (χ0) is 74.3. The number of methoxy groups -OCH3 is 1. The van der Waals surface area contributed by atoms with Crippen LogP contribution < -0.4 is 21.3 Å². The lowest BCUT2D eigenvalue weighted by Crippen LogP contribution is -2.64. The Balaban J connectivity index is 4.52. The van der Waals surface area contributed by atoms with Crippen LogP contribution in [0, 0.1) is 35.5 Å². The summed E-state index contributed by atoms with van der Waals surface area (Å²) in [6.45, 7) is 28.4. The molecule has 0 aromatic rings. The maximum absolute atomic E-state index is 15.3. The lowest BCUT2D eigenvalue weighted by Gasteiger charge is -2.41. The monoisotopic (exact) mass is 1380 g/mol. The van der Waals surface area contributed by atoms with Gasteiger partial charge in [-0.2, -0.15) is 11.8 Å². The lowest BCUT2D eigenvalue weighted by atomic mass is 9.91. The molecule has 96 heavy (non-hydrogen) atoms. The summed E-state index contributed by atoms with van der Waals surface area (Å²) in [6.07, 6.45) is 2.80. The Morgan fingerprint density at radius 1 is 0.583 bits per heavy atom. The van der Waals surface area contributed by atoms with E-state index in [0.29, 0.717) is 12.2 Å².